The van der Waals surface area contributed by atoms with E-state index in [9.17, 15) is 4.79 Å². The van der Waals surface area contributed by atoms with Crippen LogP contribution in [0.1, 0.15) is 50.3 Å². The number of aryl methyl sites for hydroxylation is 2. The van der Waals surface area contributed by atoms with Crippen LogP contribution in [-0.4, -0.2) is 26.1 Å². The van der Waals surface area contributed by atoms with Crippen LogP contribution >= 0.6 is 0 Å². The maximum atomic E-state index is 11.8. The van der Waals surface area contributed by atoms with Gasteiger partial charge in [-0.1, -0.05) is 32.9 Å². The van der Waals surface area contributed by atoms with Gasteiger partial charge in [0, 0.05) is 18.5 Å². The fourth-order valence-electron chi connectivity index (χ4n) is 2.50. The summed E-state index contributed by atoms with van der Waals surface area (Å²) in [5.74, 6) is 1.03. The van der Waals surface area contributed by atoms with Gasteiger partial charge < -0.3 is 15.8 Å². The molecule has 0 atom stereocenters. The number of carbonyl (C=O) groups excluding carboxylic acids is 1. The van der Waals surface area contributed by atoms with Crippen LogP contribution in [0.25, 0.3) is 0 Å². The Labute approximate surface area is 134 Å². The van der Waals surface area contributed by atoms with Gasteiger partial charge in [0.1, 0.15) is 5.75 Å². The molecule has 0 aliphatic rings. The predicted molar refractivity (Wildman–Crippen MR) is 91.4 cm³/mol. The summed E-state index contributed by atoms with van der Waals surface area (Å²) >= 11 is 0. The Balaban J connectivity index is 2.80. The maximum Gasteiger partial charge on any atom is 0.220 e. The first-order chi connectivity index (χ1) is 10.3. The fourth-order valence-corrected chi connectivity index (χ4v) is 2.50. The molecule has 3 N–H and O–H groups in total. The predicted octanol–water partition coefficient (Wildman–Crippen LogP) is 2.70. The van der Waals surface area contributed by atoms with Crippen molar-refractivity contribution in [1.29, 1.82) is 0 Å². The Morgan fingerprint density at radius 1 is 1.32 bits per heavy atom. The fraction of sp³-hybridized carbons (Fsp3) is 0.611. The van der Waals surface area contributed by atoms with E-state index in [1.54, 1.807) is 7.11 Å². The van der Waals surface area contributed by atoms with E-state index in [4.69, 9.17) is 10.5 Å². The molecule has 0 bridgehead atoms. The van der Waals surface area contributed by atoms with Crippen LogP contribution in [0.4, 0.5) is 0 Å². The second kappa shape index (κ2) is 8.18. The molecule has 0 aliphatic heterocycles. The van der Waals surface area contributed by atoms with E-state index in [0.717, 1.165) is 24.2 Å². The molecular formula is C18H30N2O2. The Bertz CT molecular complexity index is 505. The summed E-state index contributed by atoms with van der Waals surface area (Å²) in [6, 6.07) is 4.28. The lowest BCUT2D eigenvalue weighted by Gasteiger charge is -2.24. The van der Waals surface area contributed by atoms with Crippen molar-refractivity contribution in [1.82, 2.24) is 5.32 Å². The van der Waals surface area contributed by atoms with E-state index in [1.165, 1.54) is 11.1 Å². The molecule has 0 saturated heterocycles. The molecule has 0 unspecified atom stereocenters. The molecule has 0 aliphatic carbocycles. The zero-order chi connectivity index (χ0) is 16.8. The van der Waals surface area contributed by atoms with Crippen molar-refractivity contribution in [2.75, 3.05) is 20.2 Å². The lowest BCUT2D eigenvalue weighted by molar-refractivity contribution is -0.121. The molecule has 22 heavy (non-hydrogen) atoms. The summed E-state index contributed by atoms with van der Waals surface area (Å²) in [5.41, 5.74) is 8.91. The number of rotatable bonds is 7. The van der Waals surface area contributed by atoms with Crippen molar-refractivity contribution in [2.45, 2.75) is 52.4 Å². The van der Waals surface area contributed by atoms with Gasteiger partial charge in [0.15, 0.2) is 0 Å². The molecule has 1 amide bonds. The van der Waals surface area contributed by atoms with E-state index in [0.29, 0.717) is 19.5 Å². The summed E-state index contributed by atoms with van der Waals surface area (Å²) < 4.78 is 5.56. The van der Waals surface area contributed by atoms with Crippen molar-refractivity contribution in [3.8, 4) is 5.75 Å². The summed E-state index contributed by atoms with van der Waals surface area (Å²) in [7, 11) is 1.71. The van der Waals surface area contributed by atoms with E-state index in [-0.39, 0.29) is 11.3 Å². The molecule has 124 valence electrons. The zero-order valence-electron chi connectivity index (χ0n) is 14.6. The maximum absolute atomic E-state index is 11.8. The minimum absolute atomic E-state index is 0.00942. The van der Waals surface area contributed by atoms with Crippen molar-refractivity contribution in [3.63, 3.8) is 0 Å². The van der Waals surface area contributed by atoms with Crippen LogP contribution in [0.5, 0.6) is 5.75 Å². The molecule has 4 heteroatoms. The highest BCUT2D eigenvalue weighted by Crippen LogP contribution is 2.35. The molecule has 0 aromatic heterocycles. The molecule has 0 heterocycles. The third-order valence-corrected chi connectivity index (χ3v) is 3.69. The highest BCUT2D eigenvalue weighted by Gasteiger charge is 2.21. The van der Waals surface area contributed by atoms with Crippen LogP contribution in [0, 0.1) is 6.92 Å². The number of carbonyl (C=O) groups is 1. The van der Waals surface area contributed by atoms with Crippen molar-refractivity contribution in [3.05, 3.63) is 28.8 Å². The minimum atomic E-state index is 0.00942. The van der Waals surface area contributed by atoms with Crippen LogP contribution in [-0.2, 0) is 16.6 Å². The molecule has 1 rings (SSSR count). The number of ether oxygens (including phenoxy) is 1. The first-order valence-electron chi connectivity index (χ1n) is 7.94. The highest BCUT2D eigenvalue weighted by atomic mass is 16.5. The van der Waals surface area contributed by atoms with Gasteiger partial charge in [-0.25, -0.2) is 0 Å². The second-order valence-electron chi connectivity index (χ2n) is 6.74. The van der Waals surface area contributed by atoms with Crippen LogP contribution < -0.4 is 15.8 Å². The Hall–Kier alpha value is -1.55. The first kappa shape index (κ1) is 18.5. The smallest absolute Gasteiger partial charge is 0.220 e. The number of methoxy groups -OCH3 is 1. The van der Waals surface area contributed by atoms with Crippen LogP contribution in [0.15, 0.2) is 12.1 Å². The van der Waals surface area contributed by atoms with Crippen molar-refractivity contribution < 1.29 is 9.53 Å². The molecule has 1 aromatic carbocycles. The molecule has 0 radical (unpaired) electrons. The van der Waals surface area contributed by atoms with E-state index in [2.05, 4.69) is 45.1 Å². The molecule has 1 aromatic rings. The Morgan fingerprint density at radius 2 is 2.00 bits per heavy atom. The minimum Gasteiger partial charge on any atom is -0.496 e. The van der Waals surface area contributed by atoms with Gasteiger partial charge in [-0.2, -0.15) is 0 Å². The van der Waals surface area contributed by atoms with Gasteiger partial charge in [-0.3, -0.25) is 4.79 Å². The van der Waals surface area contributed by atoms with E-state index >= 15 is 0 Å². The molecule has 0 spiro atoms. The lowest BCUT2D eigenvalue weighted by Crippen LogP contribution is -2.26. The normalized spacial score (nSPS) is 11.4. The van der Waals surface area contributed by atoms with Gasteiger partial charge in [-0.05, 0) is 42.9 Å². The number of nitrogens with one attached hydrogen (secondary N) is 1. The Morgan fingerprint density at radius 3 is 2.55 bits per heavy atom. The monoisotopic (exact) mass is 306 g/mol. The van der Waals surface area contributed by atoms with E-state index in [1.807, 2.05) is 0 Å². The number of hydrogen-bond acceptors (Lipinski definition) is 3. The molecule has 0 saturated carbocycles. The van der Waals surface area contributed by atoms with Crippen LogP contribution in [0.3, 0.4) is 0 Å². The van der Waals surface area contributed by atoms with Crippen LogP contribution in [0.2, 0.25) is 0 Å². The standard InChI is InChI=1S/C18H30N2O2/c1-13-11-14(7-8-16(21)20-10-6-9-19)12-15(17(13)22-5)18(2,3)4/h11-12H,6-10,19H2,1-5H3,(H,20,21). The number of hydrogen-bond donors (Lipinski definition) is 2. The summed E-state index contributed by atoms with van der Waals surface area (Å²) in [6.45, 7) is 9.84. The third-order valence-electron chi connectivity index (χ3n) is 3.69. The van der Waals surface area contributed by atoms with Gasteiger partial charge in [0.2, 0.25) is 5.91 Å². The number of amides is 1. The van der Waals surface area contributed by atoms with Gasteiger partial charge in [0.25, 0.3) is 0 Å². The number of benzene rings is 1. The zero-order valence-corrected chi connectivity index (χ0v) is 14.6. The lowest BCUT2D eigenvalue weighted by atomic mass is 9.83. The second-order valence-corrected chi connectivity index (χ2v) is 6.74. The van der Waals surface area contributed by atoms with Crippen molar-refractivity contribution >= 4 is 5.91 Å². The van der Waals surface area contributed by atoms with Gasteiger partial charge in [-0.15, -0.1) is 0 Å². The third kappa shape index (κ3) is 5.34. The summed E-state index contributed by atoms with van der Waals surface area (Å²) in [5, 5.41) is 2.89. The summed E-state index contributed by atoms with van der Waals surface area (Å²) in [4.78, 5) is 11.8. The van der Waals surface area contributed by atoms with Crippen molar-refractivity contribution in [2.24, 2.45) is 5.73 Å². The highest BCUT2D eigenvalue weighted by molar-refractivity contribution is 5.76. The topological polar surface area (TPSA) is 64.3 Å². The quantitative estimate of drug-likeness (QED) is 0.761. The van der Waals surface area contributed by atoms with Gasteiger partial charge >= 0.3 is 0 Å². The summed E-state index contributed by atoms with van der Waals surface area (Å²) in [6.07, 6.45) is 2.06. The first-order valence-corrected chi connectivity index (χ1v) is 7.94. The molecular weight excluding hydrogens is 276 g/mol. The van der Waals surface area contributed by atoms with E-state index < -0.39 is 0 Å². The average Bonchev–Trinajstić information content (AvgIpc) is 2.44. The Kier molecular flexibility index (Phi) is 6.88. The molecule has 0 fully saturated rings. The number of nitrogens with two attached hydrogens (primary N) is 1. The van der Waals surface area contributed by atoms with Gasteiger partial charge in [0.05, 0.1) is 7.11 Å². The largest absolute Gasteiger partial charge is 0.496 e. The molecule has 4 nitrogen and oxygen atoms in total. The SMILES string of the molecule is COc1c(C)cc(CCC(=O)NCCCN)cc1C(C)(C)C. The average molecular weight is 306 g/mol.